The van der Waals surface area contributed by atoms with E-state index in [-0.39, 0.29) is 11.9 Å². The van der Waals surface area contributed by atoms with Gasteiger partial charge in [-0.25, -0.2) is 4.98 Å². The zero-order valence-electron chi connectivity index (χ0n) is 10.2. The number of rotatable bonds is 2. The first-order chi connectivity index (χ1) is 8.06. The maximum Gasteiger partial charge on any atom is 0.222 e. The summed E-state index contributed by atoms with van der Waals surface area (Å²) in [5, 5.41) is 3.34. The lowest BCUT2D eigenvalue weighted by atomic mass is 10.1. The molecule has 1 aliphatic rings. The number of hydrogen-bond acceptors (Lipinski definition) is 4. The molecule has 1 aromatic rings. The molecule has 1 saturated heterocycles. The van der Waals surface area contributed by atoms with Gasteiger partial charge in [-0.2, -0.15) is 0 Å². The molecule has 0 bridgehead atoms. The normalized spacial score (nSPS) is 20.5. The molecule has 0 radical (unpaired) electrons. The molecular weight excluding hydrogens is 216 g/mol. The van der Waals surface area contributed by atoms with Crippen LogP contribution < -0.4 is 11.1 Å². The Balaban J connectivity index is 2.01. The number of nitrogen functional groups attached to an aromatic ring is 1. The molecule has 2 rings (SSSR count). The van der Waals surface area contributed by atoms with Gasteiger partial charge in [0.1, 0.15) is 5.82 Å². The fourth-order valence-electron chi connectivity index (χ4n) is 1.98. The molecule has 92 valence electrons. The number of amides is 1. The summed E-state index contributed by atoms with van der Waals surface area (Å²) in [6.45, 7) is 2.68. The Kier molecular flexibility index (Phi) is 3.17. The number of hydrogen-bond donors (Lipinski definition) is 2. The summed E-state index contributed by atoms with van der Waals surface area (Å²) < 4.78 is 0. The lowest BCUT2D eigenvalue weighted by Gasteiger charge is -2.30. The van der Waals surface area contributed by atoms with E-state index < -0.39 is 0 Å². The first-order valence-electron chi connectivity index (χ1n) is 5.79. The number of likely N-dealkylation sites (tertiary alicyclic amines) is 1. The van der Waals surface area contributed by atoms with Gasteiger partial charge in [-0.15, -0.1) is 0 Å². The predicted molar refractivity (Wildman–Crippen MR) is 67.7 cm³/mol. The summed E-state index contributed by atoms with van der Waals surface area (Å²) in [7, 11) is 1.83. The zero-order valence-corrected chi connectivity index (χ0v) is 10.2. The molecule has 0 aromatic carbocycles. The van der Waals surface area contributed by atoms with E-state index in [1.54, 1.807) is 11.1 Å². The maximum atomic E-state index is 11.4. The Morgan fingerprint density at radius 1 is 1.59 bits per heavy atom. The summed E-state index contributed by atoms with van der Waals surface area (Å²) in [6, 6.07) is 2.21. The average molecular weight is 234 g/mol. The zero-order chi connectivity index (χ0) is 12.4. The minimum Gasteiger partial charge on any atom is -0.397 e. The van der Waals surface area contributed by atoms with Crippen molar-refractivity contribution in [2.24, 2.45) is 0 Å². The predicted octanol–water partition coefficient (Wildman–Crippen LogP) is 1.00. The Morgan fingerprint density at radius 3 is 3.00 bits per heavy atom. The first-order valence-corrected chi connectivity index (χ1v) is 5.79. The molecule has 1 unspecified atom stereocenters. The van der Waals surface area contributed by atoms with Crippen LogP contribution in [0.1, 0.15) is 18.4 Å². The maximum absolute atomic E-state index is 11.4. The molecule has 3 N–H and O–H groups in total. The number of carbonyl (C=O) groups excluding carboxylic acids is 1. The van der Waals surface area contributed by atoms with E-state index in [4.69, 9.17) is 5.73 Å². The summed E-state index contributed by atoms with van der Waals surface area (Å²) in [5.41, 5.74) is 7.44. The third kappa shape index (κ3) is 2.67. The van der Waals surface area contributed by atoms with Crippen LogP contribution in [0.2, 0.25) is 0 Å². The van der Waals surface area contributed by atoms with Crippen molar-refractivity contribution >= 4 is 17.4 Å². The number of likely N-dealkylation sites (N-methyl/N-ethyl adjacent to an activating group) is 1. The lowest BCUT2D eigenvalue weighted by molar-refractivity contribution is -0.132. The number of pyridine rings is 1. The number of nitrogens with zero attached hydrogens (tertiary/aromatic N) is 2. The number of carbonyl (C=O) groups is 1. The fraction of sp³-hybridized carbons (Fsp3) is 0.500. The van der Waals surface area contributed by atoms with Crippen LogP contribution in [0, 0.1) is 6.92 Å². The summed E-state index contributed by atoms with van der Waals surface area (Å²) in [5.74, 6) is 1.04. The van der Waals surface area contributed by atoms with Gasteiger partial charge >= 0.3 is 0 Å². The number of nitrogens with two attached hydrogens (primary N) is 1. The smallest absolute Gasteiger partial charge is 0.222 e. The van der Waals surface area contributed by atoms with Crippen LogP contribution in [0.4, 0.5) is 11.5 Å². The van der Waals surface area contributed by atoms with Crippen LogP contribution >= 0.6 is 0 Å². The highest BCUT2D eigenvalue weighted by Crippen LogP contribution is 2.17. The Hall–Kier alpha value is -1.78. The van der Waals surface area contributed by atoms with Gasteiger partial charge in [0.05, 0.1) is 11.9 Å². The summed E-state index contributed by atoms with van der Waals surface area (Å²) in [6.07, 6.45) is 3.12. The first kappa shape index (κ1) is 11.7. The molecule has 2 heterocycles. The van der Waals surface area contributed by atoms with E-state index in [1.165, 1.54) is 0 Å². The largest absolute Gasteiger partial charge is 0.397 e. The number of aromatic nitrogens is 1. The van der Waals surface area contributed by atoms with Crippen molar-refractivity contribution in [3.8, 4) is 0 Å². The van der Waals surface area contributed by atoms with Crippen LogP contribution in [0.25, 0.3) is 0 Å². The summed E-state index contributed by atoms with van der Waals surface area (Å²) in [4.78, 5) is 17.3. The molecule has 0 spiro atoms. The molecule has 0 aliphatic carbocycles. The number of piperidine rings is 1. The molecule has 5 heteroatoms. The molecule has 1 aliphatic heterocycles. The quantitative estimate of drug-likeness (QED) is 0.801. The van der Waals surface area contributed by atoms with Crippen molar-refractivity contribution in [2.45, 2.75) is 25.8 Å². The van der Waals surface area contributed by atoms with E-state index in [0.29, 0.717) is 12.1 Å². The molecule has 1 fully saturated rings. The van der Waals surface area contributed by atoms with Crippen LogP contribution in [0.5, 0.6) is 0 Å². The molecule has 1 amide bonds. The van der Waals surface area contributed by atoms with Crippen molar-refractivity contribution in [2.75, 3.05) is 24.6 Å². The monoisotopic (exact) mass is 234 g/mol. The van der Waals surface area contributed by atoms with Crippen molar-refractivity contribution in [1.82, 2.24) is 9.88 Å². The minimum absolute atomic E-state index is 0.212. The third-order valence-electron chi connectivity index (χ3n) is 3.13. The van der Waals surface area contributed by atoms with Crippen molar-refractivity contribution in [3.05, 3.63) is 17.8 Å². The average Bonchev–Trinajstić information content (AvgIpc) is 2.29. The minimum atomic E-state index is 0.212. The van der Waals surface area contributed by atoms with Gasteiger partial charge in [0.2, 0.25) is 5.91 Å². The molecule has 17 heavy (non-hydrogen) atoms. The molecule has 1 aromatic heterocycles. The van der Waals surface area contributed by atoms with Crippen LogP contribution in [-0.4, -0.2) is 35.4 Å². The van der Waals surface area contributed by atoms with Gasteiger partial charge in [-0.05, 0) is 25.0 Å². The van der Waals surface area contributed by atoms with E-state index in [2.05, 4.69) is 10.3 Å². The molecule has 1 atom stereocenters. The highest BCUT2D eigenvalue weighted by molar-refractivity contribution is 5.77. The molecular formula is C12H18N4O. The summed E-state index contributed by atoms with van der Waals surface area (Å²) >= 11 is 0. The lowest BCUT2D eigenvalue weighted by Crippen LogP contribution is -2.43. The van der Waals surface area contributed by atoms with Crippen LogP contribution in [-0.2, 0) is 4.79 Å². The van der Waals surface area contributed by atoms with Crippen molar-refractivity contribution in [3.63, 3.8) is 0 Å². The van der Waals surface area contributed by atoms with Gasteiger partial charge < -0.3 is 16.0 Å². The van der Waals surface area contributed by atoms with Gasteiger partial charge in [0, 0.05) is 26.1 Å². The number of nitrogens with one attached hydrogen (secondary N) is 1. The number of anilines is 2. The molecule has 0 saturated carbocycles. The van der Waals surface area contributed by atoms with E-state index >= 15 is 0 Å². The van der Waals surface area contributed by atoms with E-state index in [1.807, 2.05) is 20.0 Å². The topological polar surface area (TPSA) is 71.2 Å². The van der Waals surface area contributed by atoms with Gasteiger partial charge in [0.15, 0.2) is 0 Å². The fourth-order valence-corrected chi connectivity index (χ4v) is 1.98. The Morgan fingerprint density at radius 2 is 2.35 bits per heavy atom. The van der Waals surface area contributed by atoms with Gasteiger partial charge in [0.25, 0.3) is 0 Å². The highest BCUT2D eigenvalue weighted by atomic mass is 16.2. The van der Waals surface area contributed by atoms with Gasteiger partial charge in [-0.3, -0.25) is 4.79 Å². The van der Waals surface area contributed by atoms with Gasteiger partial charge in [-0.1, -0.05) is 0 Å². The number of aryl methyl sites for hydroxylation is 1. The van der Waals surface area contributed by atoms with Crippen LogP contribution in [0.3, 0.4) is 0 Å². The third-order valence-corrected chi connectivity index (χ3v) is 3.13. The second-order valence-corrected chi connectivity index (χ2v) is 4.58. The Bertz CT molecular complexity index is 433. The Labute approximate surface area is 101 Å². The molecule has 5 nitrogen and oxygen atoms in total. The standard InChI is InChI=1S/C12H18N4O/c1-8-5-11(14-6-10(8)13)15-9-3-4-12(17)16(2)7-9/h5-6,9H,3-4,7,13H2,1-2H3,(H,14,15). The van der Waals surface area contributed by atoms with Crippen molar-refractivity contribution < 1.29 is 4.79 Å². The van der Waals surface area contributed by atoms with E-state index in [9.17, 15) is 4.79 Å². The van der Waals surface area contributed by atoms with E-state index in [0.717, 1.165) is 24.3 Å². The SMILES string of the molecule is Cc1cc(NC2CCC(=O)N(C)C2)ncc1N. The van der Waals surface area contributed by atoms with Crippen LogP contribution in [0.15, 0.2) is 12.3 Å². The second kappa shape index (κ2) is 4.61. The highest BCUT2D eigenvalue weighted by Gasteiger charge is 2.22. The second-order valence-electron chi connectivity index (χ2n) is 4.58. The van der Waals surface area contributed by atoms with Crippen molar-refractivity contribution in [1.29, 1.82) is 0 Å².